The zero-order valence-corrected chi connectivity index (χ0v) is 19.5. The van der Waals surface area contributed by atoms with Crippen LogP contribution in [0.25, 0.3) is 11.1 Å². The normalized spacial score (nSPS) is 19.2. The van der Waals surface area contributed by atoms with Crippen molar-refractivity contribution in [3.05, 3.63) is 54.4 Å². The van der Waals surface area contributed by atoms with Crippen molar-refractivity contribution in [3.63, 3.8) is 0 Å². The van der Waals surface area contributed by atoms with Crippen molar-refractivity contribution in [2.75, 3.05) is 27.2 Å². The minimum Gasteiger partial charge on any atom is -0.348 e. The molecular formula is C26H35N3O2. The zero-order chi connectivity index (χ0) is 22.6. The highest BCUT2D eigenvalue weighted by molar-refractivity contribution is 5.85. The van der Waals surface area contributed by atoms with E-state index in [9.17, 15) is 9.59 Å². The van der Waals surface area contributed by atoms with Gasteiger partial charge in [-0.3, -0.25) is 14.6 Å². The Hall–Kier alpha value is -2.69. The van der Waals surface area contributed by atoms with E-state index in [1.54, 1.807) is 17.3 Å². The SMILES string of the molecule is CN(C)C(=O)[C@@]1(Cc2cccc(-c3ccncc3)c2)CCCN(C(=O)CC(C)(C)C)C1. The average Bonchev–Trinajstić information content (AvgIpc) is 2.73. The zero-order valence-electron chi connectivity index (χ0n) is 19.5. The Morgan fingerprint density at radius 1 is 1.10 bits per heavy atom. The lowest BCUT2D eigenvalue weighted by Gasteiger charge is -2.43. The number of hydrogen-bond acceptors (Lipinski definition) is 3. The van der Waals surface area contributed by atoms with Gasteiger partial charge in [0.2, 0.25) is 11.8 Å². The molecule has 0 bridgehead atoms. The molecule has 0 spiro atoms. The number of likely N-dealkylation sites (tertiary alicyclic amines) is 1. The van der Waals surface area contributed by atoms with Gasteiger partial charge in [-0.05, 0) is 53.5 Å². The van der Waals surface area contributed by atoms with Crippen LogP contribution < -0.4 is 0 Å². The van der Waals surface area contributed by atoms with Crippen LogP contribution in [0.3, 0.4) is 0 Å². The molecule has 1 fully saturated rings. The second-order valence-electron chi connectivity index (χ2n) is 10.2. The standard InChI is InChI=1S/C26H35N3O2/c1-25(2,3)18-23(30)29-15-7-12-26(19-29,24(31)28(4)5)17-20-8-6-9-22(16-20)21-10-13-27-14-11-21/h6,8-11,13-14,16H,7,12,15,17-19H2,1-5H3/t26-/m1/s1. The van der Waals surface area contributed by atoms with E-state index in [4.69, 9.17) is 0 Å². The van der Waals surface area contributed by atoms with Gasteiger partial charge in [-0.15, -0.1) is 0 Å². The average molecular weight is 422 g/mol. The molecule has 2 amide bonds. The number of aromatic nitrogens is 1. The third-order valence-electron chi connectivity index (χ3n) is 5.95. The Balaban J connectivity index is 1.89. The summed E-state index contributed by atoms with van der Waals surface area (Å²) in [6.07, 6.45) is 6.35. The topological polar surface area (TPSA) is 53.5 Å². The van der Waals surface area contributed by atoms with Crippen molar-refractivity contribution in [3.8, 4) is 11.1 Å². The Bertz CT molecular complexity index is 918. The van der Waals surface area contributed by atoms with Crippen LogP contribution in [-0.2, 0) is 16.0 Å². The highest BCUT2D eigenvalue weighted by atomic mass is 16.2. The van der Waals surface area contributed by atoms with E-state index >= 15 is 0 Å². The fourth-order valence-corrected chi connectivity index (χ4v) is 4.57. The van der Waals surface area contributed by atoms with E-state index in [2.05, 4.69) is 44.0 Å². The largest absolute Gasteiger partial charge is 0.348 e. The van der Waals surface area contributed by atoms with E-state index in [0.717, 1.165) is 36.1 Å². The van der Waals surface area contributed by atoms with Gasteiger partial charge in [0.15, 0.2) is 0 Å². The van der Waals surface area contributed by atoms with E-state index < -0.39 is 5.41 Å². The summed E-state index contributed by atoms with van der Waals surface area (Å²) in [6, 6.07) is 12.4. The molecule has 1 aliphatic rings. The number of benzene rings is 1. The highest BCUT2D eigenvalue weighted by Gasteiger charge is 2.44. The first kappa shape index (κ1) is 23.0. The lowest BCUT2D eigenvalue weighted by Crippen LogP contribution is -2.54. The van der Waals surface area contributed by atoms with Gasteiger partial charge in [0.05, 0.1) is 5.41 Å². The molecule has 2 heterocycles. The number of carbonyl (C=O) groups excluding carboxylic acids is 2. The van der Waals surface area contributed by atoms with Crippen LogP contribution >= 0.6 is 0 Å². The molecule has 0 unspecified atom stereocenters. The highest BCUT2D eigenvalue weighted by Crippen LogP contribution is 2.37. The second kappa shape index (κ2) is 9.21. The molecule has 1 aliphatic heterocycles. The quantitative estimate of drug-likeness (QED) is 0.718. The van der Waals surface area contributed by atoms with Gasteiger partial charge in [0, 0.05) is 46.0 Å². The smallest absolute Gasteiger partial charge is 0.230 e. The molecule has 1 aromatic carbocycles. The van der Waals surface area contributed by atoms with Gasteiger partial charge in [-0.2, -0.15) is 0 Å². The maximum absolute atomic E-state index is 13.4. The van der Waals surface area contributed by atoms with Crippen molar-refractivity contribution < 1.29 is 9.59 Å². The summed E-state index contributed by atoms with van der Waals surface area (Å²) < 4.78 is 0. The summed E-state index contributed by atoms with van der Waals surface area (Å²) in [5, 5.41) is 0. The molecular weight excluding hydrogens is 386 g/mol. The number of piperidine rings is 1. The molecule has 1 saturated heterocycles. The predicted octanol–water partition coefficient (Wildman–Crippen LogP) is 4.42. The summed E-state index contributed by atoms with van der Waals surface area (Å²) in [5.74, 6) is 0.253. The van der Waals surface area contributed by atoms with Crippen molar-refractivity contribution in [1.29, 1.82) is 0 Å². The summed E-state index contributed by atoms with van der Waals surface area (Å²) in [5.41, 5.74) is 2.68. The Labute approximate surface area is 186 Å². The lowest BCUT2D eigenvalue weighted by molar-refractivity contribution is -0.147. The van der Waals surface area contributed by atoms with Gasteiger partial charge in [-0.25, -0.2) is 0 Å². The van der Waals surface area contributed by atoms with E-state index in [1.165, 1.54) is 0 Å². The second-order valence-corrected chi connectivity index (χ2v) is 10.2. The molecule has 2 aromatic rings. The van der Waals surface area contributed by atoms with Crippen molar-refractivity contribution in [2.45, 2.75) is 46.5 Å². The molecule has 0 aliphatic carbocycles. The summed E-state index contributed by atoms with van der Waals surface area (Å²) in [6.45, 7) is 7.46. The summed E-state index contributed by atoms with van der Waals surface area (Å²) in [7, 11) is 3.63. The lowest BCUT2D eigenvalue weighted by atomic mass is 9.73. The maximum Gasteiger partial charge on any atom is 0.230 e. The van der Waals surface area contributed by atoms with Crippen LogP contribution in [0.1, 0.15) is 45.6 Å². The number of amides is 2. The molecule has 31 heavy (non-hydrogen) atoms. The first-order chi connectivity index (χ1) is 14.6. The fraction of sp³-hybridized carbons (Fsp3) is 0.500. The Morgan fingerprint density at radius 3 is 2.45 bits per heavy atom. The van der Waals surface area contributed by atoms with Crippen molar-refractivity contribution in [2.24, 2.45) is 10.8 Å². The number of pyridine rings is 1. The minimum atomic E-state index is -0.591. The van der Waals surface area contributed by atoms with Crippen LogP contribution in [0.5, 0.6) is 0 Å². The number of carbonyl (C=O) groups is 2. The molecule has 166 valence electrons. The van der Waals surface area contributed by atoms with Gasteiger partial charge in [-0.1, -0.05) is 45.0 Å². The van der Waals surface area contributed by atoms with E-state index in [-0.39, 0.29) is 17.2 Å². The van der Waals surface area contributed by atoms with Gasteiger partial charge in [0.1, 0.15) is 0 Å². The molecule has 0 N–H and O–H groups in total. The van der Waals surface area contributed by atoms with Crippen LogP contribution in [0.2, 0.25) is 0 Å². The van der Waals surface area contributed by atoms with Crippen molar-refractivity contribution >= 4 is 11.8 Å². The Kier molecular flexibility index (Phi) is 6.83. The first-order valence-corrected chi connectivity index (χ1v) is 11.1. The number of hydrogen-bond donors (Lipinski definition) is 0. The molecule has 0 saturated carbocycles. The third-order valence-corrected chi connectivity index (χ3v) is 5.95. The minimum absolute atomic E-state index is 0.0678. The molecule has 5 nitrogen and oxygen atoms in total. The van der Waals surface area contributed by atoms with Crippen LogP contribution in [0.15, 0.2) is 48.8 Å². The number of rotatable bonds is 5. The monoisotopic (exact) mass is 421 g/mol. The predicted molar refractivity (Wildman–Crippen MR) is 124 cm³/mol. The van der Waals surface area contributed by atoms with E-state index in [0.29, 0.717) is 19.4 Å². The molecule has 0 radical (unpaired) electrons. The van der Waals surface area contributed by atoms with E-state index in [1.807, 2.05) is 37.2 Å². The number of nitrogens with zero attached hydrogens (tertiary/aromatic N) is 3. The van der Waals surface area contributed by atoms with Gasteiger partial charge >= 0.3 is 0 Å². The molecule has 1 aromatic heterocycles. The van der Waals surface area contributed by atoms with Gasteiger partial charge in [0.25, 0.3) is 0 Å². The van der Waals surface area contributed by atoms with Crippen LogP contribution in [0.4, 0.5) is 0 Å². The fourth-order valence-electron chi connectivity index (χ4n) is 4.57. The van der Waals surface area contributed by atoms with Crippen LogP contribution in [-0.4, -0.2) is 53.8 Å². The molecule has 3 rings (SSSR count). The summed E-state index contributed by atoms with van der Waals surface area (Å²) >= 11 is 0. The Morgan fingerprint density at radius 2 is 1.81 bits per heavy atom. The van der Waals surface area contributed by atoms with Crippen molar-refractivity contribution in [1.82, 2.24) is 14.8 Å². The maximum atomic E-state index is 13.4. The molecule has 5 heteroatoms. The molecule has 1 atom stereocenters. The first-order valence-electron chi connectivity index (χ1n) is 11.1. The van der Waals surface area contributed by atoms with Gasteiger partial charge < -0.3 is 9.80 Å². The third kappa shape index (κ3) is 5.72. The summed E-state index contributed by atoms with van der Waals surface area (Å²) in [4.78, 5) is 34.1. The van der Waals surface area contributed by atoms with Crippen LogP contribution in [0, 0.1) is 10.8 Å².